The van der Waals surface area contributed by atoms with Gasteiger partial charge in [-0.05, 0) is 55.0 Å². The lowest BCUT2D eigenvalue weighted by Crippen LogP contribution is -2.40. The van der Waals surface area contributed by atoms with Crippen molar-refractivity contribution in [1.82, 2.24) is 20.0 Å². The van der Waals surface area contributed by atoms with Crippen LogP contribution in [0.2, 0.25) is 0 Å². The van der Waals surface area contributed by atoms with Gasteiger partial charge in [-0.25, -0.2) is 4.68 Å². The number of nitrogens with one attached hydrogen (secondary N) is 1. The van der Waals surface area contributed by atoms with Crippen LogP contribution in [-0.4, -0.2) is 47.9 Å². The van der Waals surface area contributed by atoms with Gasteiger partial charge in [0.25, 0.3) is 0 Å². The summed E-state index contributed by atoms with van der Waals surface area (Å²) in [4.78, 5) is 6.94. The Bertz CT molecular complexity index is 768. The third-order valence-corrected chi connectivity index (χ3v) is 5.90. The molecule has 1 saturated heterocycles. The first-order chi connectivity index (χ1) is 13.3. The Morgan fingerprint density at radius 2 is 1.85 bits per heavy atom. The molecule has 2 fully saturated rings. The van der Waals surface area contributed by atoms with Gasteiger partial charge in [0.1, 0.15) is 5.75 Å². The van der Waals surface area contributed by atoms with Crippen molar-refractivity contribution in [2.75, 3.05) is 27.2 Å². The predicted molar refractivity (Wildman–Crippen MR) is 107 cm³/mol. The van der Waals surface area contributed by atoms with Crippen molar-refractivity contribution < 1.29 is 4.74 Å². The lowest BCUT2D eigenvalue weighted by Gasteiger charge is -2.22. The van der Waals surface area contributed by atoms with Crippen molar-refractivity contribution in [3.8, 4) is 11.4 Å². The van der Waals surface area contributed by atoms with E-state index in [1.54, 1.807) is 7.11 Å². The smallest absolute Gasteiger partial charge is 0.193 e. The first-order valence-corrected chi connectivity index (χ1v) is 9.91. The second kappa shape index (κ2) is 8.03. The molecule has 27 heavy (non-hydrogen) atoms. The van der Waals surface area contributed by atoms with Gasteiger partial charge < -0.3 is 15.0 Å². The Hall–Kier alpha value is -2.50. The van der Waals surface area contributed by atoms with Crippen molar-refractivity contribution in [3.63, 3.8) is 0 Å². The molecule has 0 radical (unpaired) electrons. The minimum Gasteiger partial charge on any atom is -0.497 e. The van der Waals surface area contributed by atoms with Crippen LogP contribution in [0, 0.1) is 11.8 Å². The lowest BCUT2D eigenvalue weighted by molar-refractivity contribution is 0.299. The molecule has 1 saturated carbocycles. The number of aromatic nitrogens is 2. The Labute approximate surface area is 161 Å². The zero-order chi connectivity index (χ0) is 18.6. The predicted octanol–water partition coefficient (Wildman–Crippen LogP) is 3.08. The Morgan fingerprint density at radius 1 is 1.15 bits per heavy atom. The molecule has 2 aliphatic rings. The topological polar surface area (TPSA) is 54.7 Å². The lowest BCUT2D eigenvalue weighted by atomic mass is 9.82. The fourth-order valence-corrected chi connectivity index (χ4v) is 4.42. The molecule has 1 aliphatic carbocycles. The average molecular weight is 367 g/mol. The van der Waals surface area contributed by atoms with Gasteiger partial charge in [-0.3, -0.25) is 4.99 Å². The number of hydrogen-bond donors (Lipinski definition) is 1. The molecule has 1 N–H and O–H groups in total. The summed E-state index contributed by atoms with van der Waals surface area (Å²) >= 11 is 0. The van der Waals surface area contributed by atoms with E-state index in [1.807, 2.05) is 48.3 Å². The average Bonchev–Trinajstić information content (AvgIpc) is 3.35. The van der Waals surface area contributed by atoms with Crippen LogP contribution in [0.4, 0.5) is 0 Å². The van der Waals surface area contributed by atoms with E-state index in [0.717, 1.165) is 48.0 Å². The second-order valence-corrected chi connectivity index (χ2v) is 7.56. The van der Waals surface area contributed by atoms with E-state index >= 15 is 0 Å². The largest absolute Gasteiger partial charge is 0.497 e. The van der Waals surface area contributed by atoms with Gasteiger partial charge in [-0.15, -0.1) is 0 Å². The van der Waals surface area contributed by atoms with E-state index in [2.05, 4.69) is 20.3 Å². The number of fused-ring (bicyclic) bond motifs is 1. The van der Waals surface area contributed by atoms with Gasteiger partial charge in [0.05, 0.1) is 25.0 Å². The minimum absolute atomic E-state index is 0.682. The van der Waals surface area contributed by atoms with Crippen molar-refractivity contribution >= 4 is 5.96 Å². The van der Waals surface area contributed by atoms with E-state index in [0.29, 0.717) is 6.54 Å². The van der Waals surface area contributed by atoms with Gasteiger partial charge in [0, 0.05) is 26.3 Å². The molecule has 4 rings (SSSR count). The molecule has 2 aromatic rings. The summed E-state index contributed by atoms with van der Waals surface area (Å²) in [6.45, 7) is 2.97. The molecule has 6 heteroatoms. The monoisotopic (exact) mass is 367 g/mol. The Morgan fingerprint density at radius 3 is 2.48 bits per heavy atom. The molecule has 1 aromatic carbocycles. The number of benzene rings is 1. The third-order valence-electron chi connectivity index (χ3n) is 5.90. The maximum absolute atomic E-state index is 5.21. The van der Waals surface area contributed by atoms with E-state index in [4.69, 9.17) is 4.74 Å². The molecule has 1 aromatic heterocycles. The number of guanidine groups is 1. The molecule has 0 amide bonds. The first-order valence-electron chi connectivity index (χ1n) is 9.91. The zero-order valence-corrected chi connectivity index (χ0v) is 16.3. The van der Waals surface area contributed by atoms with Crippen LogP contribution < -0.4 is 10.1 Å². The van der Waals surface area contributed by atoms with E-state index in [1.165, 1.54) is 25.7 Å². The number of ether oxygens (including phenoxy) is 1. The highest BCUT2D eigenvalue weighted by molar-refractivity contribution is 5.80. The van der Waals surface area contributed by atoms with E-state index in [-0.39, 0.29) is 0 Å². The normalized spacial score (nSPS) is 22.6. The highest BCUT2D eigenvalue weighted by atomic mass is 16.5. The fraction of sp³-hybridized carbons (Fsp3) is 0.524. The molecule has 2 heterocycles. The quantitative estimate of drug-likeness (QED) is 0.666. The van der Waals surface area contributed by atoms with Crippen molar-refractivity contribution in [2.45, 2.75) is 32.2 Å². The van der Waals surface area contributed by atoms with Crippen LogP contribution in [0.15, 0.2) is 41.5 Å². The van der Waals surface area contributed by atoms with Crippen molar-refractivity contribution in [1.29, 1.82) is 0 Å². The molecule has 1 aliphatic heterocycles. The summed E-state index contributed by atoms with van der Waals surface area (Å²) in [6, 6.07) is 9.96. The first kappa shape index (κ1) is 17.9. The van der Waals surface area contributed by atoms with Gasteiger partial charge in [0.15, 0.2) is 5.96 Å². The van der Waals surface area contributed by atoms with Gasteiger partial charge in [-0.2, -0.15) is 5.10 Å². The van der Waals surface area contributed by atoms with Crippen molar-refractivity contribution in [2.24, 2.45) is 16.8 Å². The summed E-state index contributed by atoms with van der Waals surface area (Å²) in [7, 11) is 3.55. The number of nitrogens with zero attached hydrogens (tertiary/aromatic N) is 4. The number of hydrogen-bond acceptors (Lipinski definition) is 3. The van der Waals surface area contributed by atoms with Crippen LogP contribution in [-0.2, 0) is 6.54 Å². The number of likely N-dealkylation sites (tertiary alicyclic amines) is 1. The minimum atomic E-state index is 0.682. The molecule has 2 unspecified atom stereocenters. The summed E-state index contributed by atoms with van der Waals surface area (Å²) in [5.41, 5.74) is 2.03. The zero-order valence-electron chi connectivity index (χ0n) is 16.3. The summed E-state index contributed by atoms with van der Waals surface area (Å²) in [5, 5.41) is 8.18. The summed E-state index contributed by atoms with van der Waals surface area (Å²) < 4.78 is 7.11. The molecule has 144 valence electrons. The molecule has 6 nitrogen and oxygen atoms in total. The van der Waals surface area contributed by atoms with Gasteiger partial charge in [0.2, 0.25) is 0 Å². The van der Waals surface area contributed by atoms with Crippen LogP contribution >= 0.6 is 0 Å². The van der Waals surface area contributed by atoms with E-state index < -0.39 is 0 Å². The van der Waals surface area contributed by atoms with Crippen LogP contribution in [0.3, 0.4) is 0 Å². The van der Waals surface area contributed by atoms with E-state index in [9.17, 15) is 0 Å². The SMILES string of the molecule is CN=C(NCc1ccn(-c2ccc(OC)cc2)n1)N1CC2CCCCC2C1. The molecule has 2 atom stereocenters. The molecular weight excluding hydrogens is 338 g/mol. The highest BCUT2D eigenvalue weighted by Crippen LogP contribution is 2.35. The number of rotatable bonds is 4. The molecule has 0 bridgehead atoms. The van der Waals surface area contributed by atoms with Gasteiger partial charge >= 0.3 is 0 Å². The molecule has 0 spiro atoms. The van der Waals surface area contributed by atoms with Crippen LogP contribution in [0.25, 0.3) is 5.69 Å². The Balaban J connectivity index is 1.36. The van der Waals surface area contributed by atoms with Gasteiger partial charge in [-0.1, -0.05) is 12.8 Å². The summed E-state index contributed by atoms with van der Waals surface area (Å²) in [6.07, 6.45) is 7.54. The fourth-order valence-electron chi connectivity index (χ4n) is 4.42. The highest BCUT2D eigenvalue weighted by Gasteiger charge is 2.35. The number of aliphatic imine (C=N–C) groups is 1. The summed E-state index contributed by atoms with van der Waals surface area (Å²) in [5.74, 6) is 3.56. The standard InChI is InChI=1S/C21H29N5O/c1-22-21(25-14-16-5-3-4-6-17(16)15-25)23-13-18-11-12-26(24-18)19-7-9-20(27-2)10-8-19/h7-12,16-17H,3-6,13-15H2,1-2H3,(H,22,23). The number of methoxy groups -OCH3 is 1. The van der Waals surface area contributed by atoms with Crippen LogP contribution in [0.5, 0.6) is 5.75 Å². The second-order valence-electron chi connectivity index (χ2n) is 7.56. The van der Waals surface area contributed by atoms with Crippen molar-refractivity contribution in [3.05, 3.63) is 42.2 Å². The third kappa shape index (κ3) is 3.94. The maximum Gasteiger partial charge on any atom is 0.193 e. The molecular formula is C21H29N5O. The Kier molecular flexibility index (Phi) is 5.32. The van der Waals surface area contributed by atoms with Crippen LogP contribution in [0.1, 0.15) is 31.4 Å². The maximum atomic E-state index is 5.21.